The summed E-state index contributed by atoms with van der Waals surface area (Å²) in [7, 11) is 0. The van der Waals surface area contributed by atoms with E-state index in [1.807, 2.05) is 31.2 Å². The zero-order valence-electron chi connectivity index (χ0n) is 11.4. The Bertz CT molecular complexity index is 684. The van der Waals surface area contributed by atoms with Crippen LogP contribution in [-0.2, 0) is 6.42 Å². The molecule has 2 aromatic rings. The van der Waals surface area contributed by atoms with E-state index in [0.29, 0.717) is 29.2 Å². The van der Waals surface area contributed by atoms with Crippen molar-refractivity contribution in [3.8, 4) is 17.6 Å². The molecule has 0 saturated carbocycles. The predicted molar refractivity (Wildman–Crippen MR) is 80.7 cm³/mol. The highest BCUT2D eigenvalue weighted by molar-refractivity contribution is 5.52. The first-order valence-corrected chi connectivity index (χ1v) is 6.32. The van der Waals surface area contributed by atoms with Crippen LogP contribution in [0.1, 0.15) is 16.7 Å². The Morgan fingerprint density at radius 1 is 1.25 bits per heavy atom. The third-order valence-corrected chi connectivity index (χ3v) is 2.92. The summed E-state index contributed by atoms with van der Waals surface area (Å²) in [6, 6.07) is 13.1. The number of hydrogen-bond acceptors (Lipinski definition) is 3. The zero-order chi connectivity index (χ0) is 14.5. The van der Waals surface area contributed by atoms with E-state index in [1.54, 1.807) is 18.2 Å². The number of anilines is 1. The van der Waals surface area contributed by atoms with Gasteiger partial charge in [-0.3, -0.25) is 0 Å². The lowest BCUT2D eigenvalue weighted by Gasteiger charge is -2.12. The fourth-order valence-corrected chi connectivity index (χ4v) is 1.95. The van der Waals surface area contributed by atoms with Crippen molar-refractivity contribution in [2.45, 2.75) is 13.3 Å². The van der Waals surface area contributed by atoms with Gasteiger partial charge in [-0.1, -0.05) is 12.1 Å². The largest absolute Gasteiger partial charge is 0.456 e. The molecule has 100 valence electrons. The van der Waals surface area contributed by atoms with Crippen LogP contribution in [0.4, 0.5) is 5.69 Å². The summed E-state index contributed by atoms with van der Waals surface area (Å²) in [6.07, 6.45) is 2.45. The van der Waals surface area contributed by atoms with Crippen LogP contribution < -0.4 is 10.5 Å². The Morgan fingerprint density at radius 3 is 2.70 bits per heavy atom. The second-order valence-electron chi connectivity index (χ2n) is 4.57. The highest BCUT2D eigenvalue weighted by atomic mass is 16.5. The average molecular weight is 264 g/mol. The van der Waals surface area contributed by atoms with Crippen LogP contribution in [0.25, 0.3) is 0 Å². The average Bonchev–Trinajstić information content (AvgIpc) is 2.43. The Labute approximate surface area is 118 Å². The molecule has 3 nitrogen and oxygen atoms in total. The summed E-state index contributed by atoms with van der Waals surface area (Å²) < 4.78 is 5.87. The van der Waals surface area contributed by atoms with Crippen LogP contribution in [0.5, 0.6) is 11.5 Å². The van der Waals surface area contributed by atoms with E-state index < -0.39 is 0 Å². The number of nitriles is 1. The summed E-state index contributed by atoms with van der Waals surface area (Å²) in [5.74, 6) is 1.24. The second-order valence-corrected chi connectivity index (χ2v) is 4.57. The van der Waals surface area contributed by atoms with Crippen molar-refractivity contribution >= 4 is 5.69 Å². The van der Waals surface area contributed by atoms with Crippen molar-refractivity contribution in [3.63, 3.8) is 0 Å². The normalized spacial score (nSPS) is 9.80. The maximum absolute atomic E-state index is 9.17. The van der Waals surface area contributed by atoms with Crippen molar-refractivity contribution in [2.24, 2.45) is 0 Å². The summed E-state index contributed by atoms with van der Waals surface area (Å²) in [5, 5.41) is 9.17. The maximum Gasteiger partial charge on any atom is 0.145 e. The molecule has 0 fully saturated rings. The van der Waals surface area contributed by atoms with Crippen LogP contribution in [0.2, 0.25) is 0 Å². The fourth-order valence-electron chi connectivity index (χ4n) is 1.95. The maximum atomic E-state index is 9.17. The summed E-state index contributed by atoms with van der Waals surface area (Å²) in [4.78, 5) is 0. The van der Waals surface area contributed by atoms with Crippen LogP contribution in [-0.4, -0.2) is 0 Å². The van der Waals surface area contributed by atoms with E-state index >= 15 is 0 Å². The van der Waals surface area contributed by atoms with Crippen molar-refractivity contribution < 1.29 is 4.74 Å². The number of aryl methyl sites for hydroxylation is 1. The number of hydrogen-bond donors (Lipinski definition) is 1. The minimum absolute atomic E-state index is 0.520. The smallest absolute Gasteiger partial charge is 0.145 e. The number of rotatable bonds is 4. The highest BCUT2D eigenvalue weighted by Gasteiger charge is 2.08. The van der Waals surface area contributed by atoms with Gasteiger partial charge in [0.15, 0.2) is 0 Å². The van der Waals surface area contributed by atoms with E-state index in [-0.39, 0.29) is 0 Å². The van der Waals surface area contributed by atoms with Gasteiger partial charge in [0.1, 0.15) is 17.6 Å². The lowest BCUT2D eigenvalue weighted by molar-refractivity contribution is 0.476. The molecular formula is C17H16N2O. The first-order valence-electron chi connectivity index (χ1n) is 6.32. The first-order chi connectivity index (χ1) is 9.63. The highest BCUT2D eigenvalue weighted by Crippen LogP contribution is 2.30. The zero-order valence-corrected chi connectivity index (χ0v) is 11.4. The molecule has 0 unspecified atom stereocenters. The van der Waals surface area contributed by atoms with Crippen LogP contribution >= 0.6 is 0 Å². The van der Waals surface area contributed by atoms with Crippen molar-refractivity contribution in [2.75, 3.05) is 5.73 Å². The predicted octanol–water partition coefficient (Wildman–Crippen LogP) is 3.97. The molecule has 0 bridgehead atoms. The summed E-state index contributed by atoms with van der Waals surface area (Å²) in [5.41, 5.74) is 8.96. The molecule has 0 aliphatic heterocycles. The lowest BCUT2D eigenvalue weighted by Crippen LogP contribution is -1.95. The Hall–Kier alpha value is -2.73. The summed E-state index contributed by atoms with van der Waals surface area (Å²) in [6.45, 7) is 5.67. The van der Waals surface area contributed by atoms with Crippen molar-refractivity contribution in [1.82, 2.24) is 0 Å². The number of nitrogens with zero attached hydrogens (tertiary/aromatic N) is 1. The molecule has 0 saturated heterocycles. The van der Waals surface area contributed by atoms with Gasteiger partial charge in [0, 0.05) is 11.3 Å². The summed E-state index contributed by atoms with van der Waals surface area (Å²) >= 11 is 0. The fraction of sp³-hybridized carbons (Fsp3) is 0.118. The molecule has 0 aliphatic rings. The number of benzene rings is 2. The van der Waals surface area contributed by atoms with Crippen LogP contribution in [0.3, 0.4) is 0 Å². The van der Waals surface area contributed by atoms with Gasteiger partial charge >= 0.3 is 0 Å². The third-order valence-electron chi connectivity index (χ3n) is 2.92. The van der Waals surface area contributed by atoms with Crippen molar-refractivity contribution in [1.29, 1.82) is 5.26 Å². The molecule has 0 atom stereocenters. The molecule has 2 rings (SSSR count). The molecule has 2 N–H and O–H groups in total. The molecule has 0 amide bonds. The molecule has 0 spiro atoms. The molecule has 3 heteroatoms. The number of nitrogen functional groups attached to an aromatic ring is 1. The first kappa shape index (κ1) is 13.7. The monoisotopic (exact) mass is 264 g/mol. The van der Waals surface area contributed by atoms with Crippen LogP contribution in [0, 0.1) is 18.3 Å². The molecule has 0 aromatic heterocycles. The van der Waals surface area contributed by atoms with Gasteiger partial charge in [0.2, 0.25) is 0 Å². The number of nitrogens with two attached hydrogens (primary N) is 1. The van der Waals surface area contributed by atoms with Crippen LogP contribution in [0.15, 0.2) is 49.1 Å². The molecular weight excluding hydrogens is 248 g/mol. The van der Waals surface area contributed by atoms with E-state index in [9.17, 15) is 5.26 Å². The van der Waals surface area contributed by atoms with Gasteiger partial charge in [0.05, 0.1) is 5.56 Å². The van der Waals surface area contributed by atoms with E-state index in [1.165, 1.54) is 0 Å². The van der Waals surface area contributed by atoms with Gasteiger partial charge < -0.3 is 10.5 Å². The molecule has 0 radical (unpaired) electrons. The lowest BCUT2D eigenvalue weighted by atomic mass is 10.1. The minimum Gasteiger partial charge on any atom is -0.456 e. The Morgan fingerprint density at radius 2 is 2.00 bits per heavy atom. The quantitative estimate of drug-likeness (QED) is 0.671. The van der Waals surface area contributed by atoms with Gasteiger partial charge in [-0.15, -0.1) is 6.58 Å². The Kier molecular flexibility index (Phi) is 4.07. The minimum atomic E-state index is 0.520. The standard InChI is InChI=1S/C17H16N2O/c1-3-4-13-10-15(19)6-8-16(13)20-17-7-5-12(2)9-14(17)11-18/h3,5-10H,1,4,19H2,2H3. The van der Waals surface area contributed by atoms with Gasteiger partial charge in [-0.2, -0.15) is 5.26 Å². The number of ether oxygens (including phenoxy) is 1. The van der Waals surface area contributed by atoms with E-state index in [4.69, 9.17) is 10.5 Å². The topological polar surface area (TPSA) is 59.0 Å². The number of allylic oxidation sites excluding steroid dienone is 1. The second kappa shape index (κ2) is 5.94. The molecule has 0 aliphatic carbocycles. The van der Waals surface area contributed by atoms with E-state index in [2.05, 4.69) is 12.6 Å². The van der Waals surface area contributed by atoms with Gasteiger partial charge in [0.25, 0.3) is 0 Å². The molecule has 20 heavy (non-hydrogen) atoms. The van der Waals surface area contributed by atoms with E-state index in [0.717, 1.165) is 11.1 Å². The van der Waals surface area contributed by atoms with Gasteiger partial charge in [-0.05, 0) is 49.2 Å². The van der Waals surface area contributed by atoms with Gasteiger partial charge in [-0.25, -0.2) is 0 Å². The SMILES string of the molecule is C=CCc1cc(N)ccc1Oc1ccc(C)cc1C#N. The third kappa shape index (κ3) is 2.99. The molecule has 0 heterocycles. The molecule has 2 aromatic carbocycles. The van der Waals surface area contributed by atoms with Crippen molar-refractivity contribution in [3.05, 3.63) is 65.7 Å². The Balaban J connectivity index is 2.40.